The van der Waals surface area contributed by atoms with Crippen LogP contribution in [0.2, 0.25) is 5.02 Å². The number of nitrogens with zero attached hydrogens (tertiary/aromatic N) is 2. The molecule has 1 aromatic heterocycles. The van der Waals surface area contributed by atoms with Gasteiger partial charge in [-0.1, -0.05) is 35.1 Å². The molecule has 2 aromatic carbocycles. The summed E-state index contributed by atoms with van der Waals surface area (Å²) in [6.07, 6.45) is 0. The van der Waals surface area contributed by atoms with E-state index >= 15 is 0 Å². The lowest BCUT2D eigenvalue weighted by Crippen LogP contribution is -2.29. The Hall–Kier alpha value is -2.31. The maximum Gasteiger partial charge on any atom is 0.243 e. The predicted octanol–water partition coefficient (Wildman–Crippen LogP) is 4.65. The molecule has 0 aliphatic rings. The molecule has 136 valence electrons. The first-order chi connectivity index (χ1) is 12.4. The fourth-order valence-corrected chi connectivity index (χ4v) is 3.97. The molecule has 0 saturated heterocycles. The fraction of sp³-hybridized carbons (Fsp3) is 0.263. The summed E-state index contributed by atoms with van der Waals surface area (Å²) < 4.78 is 6.28. The Morgan fingerprint density at radius 2 is 2.00 bits per heavy atom. The van der Waals surface area contributed by atoms with Gasteiger partial charge in [0, 0.05) is 12.7 Å². The van der Waals surface area contributed by atoms with Crippen LogP contribution in [0, 0.1) is 13.8 Å². The van der Waals surface area contributed by atoms with Crippen molar-refractivity contribution in [3.63, 3.8) is 0 Å². The van der Waals surface area contributed by atoms with Gasteiger partial charge in [-0.15, -0.1) is 0 Å². The van der Waals surface area contributed by atoms with Gasteiger partial charge < -0.3 is 15.0 Å². The second-order valence-electron chi connectivity index (χ2n) is 6.13. The van der Waals surface area contributed by atoms with Gasteiger partial charge >= 0.3 is 0 Å². The number of benzene rings is 2. The van der Waals surface area contributed by atoms with E-state index in [0.29, 0.717) is 16.5 Å². The number of nitrogens with one attached hydrogen (secondary N) is 1. The van der Waals surface area contributed by atoms with Crippen LogP contribution >= 0.6 is 22.9 Å². The largest absolute Gasteiger partial charge is 0.495 e. The third-order valence-corrected chi connectivity index (χ3v) is 5.67. The minimum absolute atomic E-state index is 0.138. The van der Waals surface area contributed by atoms with Crippen molar-refractivity contribution in [3.8, 4) is 5.75 Å². The summed E-state index contributed by atoms with van der Waals surface area (Å²) in [6.45, 7) is 4.32. The molecule has 0 radical (unpaired) electrons. The van der Waals surface area contributed by atoms with Gasteiger partial charge in [0.25, 0.3) is 0 Å². The van der Waals surface area contributed by atoms with E-state index in [-0.39, 0.29) is 12.5 Å². The molecule has 0 aliphatic heterocycles. The average Bonchev–Trinajstić information content (AvgIpc) is 3.05. The van der Waals surface area contributed by atoms with Crippen LogP contribution in [-0.4, -0.2) is 31.6 Å². The highest BCUT2D eigenvalue weighted by Crippen LogP contribution is 2.32. The number of anilines is 2. The molecular formula is C19H20ClN3O2S. The smallest absolute Gasteiger partial charge is 0.243 e. The Labute approximate surface area is 161 Å². The molecule has 26 heavy (non-hydrogen) atoms. The average molecular weight is 390 g/mol. The molecule has 3 rings (SSSR count). The van der Waals surface area contributed by atoms with Gasteiger partial charge in [-0.25, -0.2) is 4.98 Å². The molecule has 0 unspecified atom stereocenters. The topological polar surface area (TPSA) is 54.5 Å². The van der Waals surface area contributed by atoms with Crippen LogP contribution in [0.5, 0.6) is 5.75 Å². The van der Waals surface area contributed by atoms with Crippen LogP contribution in [0.15, 0.2) is 30.3 Å². The van der Waals surface area contributed by atoms with E-state index in [2.05, 4.69) is 24.4 Å². The Kier molecular flexibility index (Phi) is 5.34. The number of halogens is 1. The van der Waals surface area contributed by atoms with Gasteiger partial charge in [-0.3, -0.25) is 4.79 Å². The van der Waals surface area contributed by atoms with Crippen molar-refractivity contribution in [2.45, 2.75) is 13.8 Å². The second-order valence-corrected chi connectivity index (χ2v) is 7.51. The van der Waals surface area contributed by atoms with Crippen LogP contribution in [0.25, 0.3) is 10.2 Å². The summed E-state index contributed by atoms with van der Waals surface area (Å²) in [6, 6.07) is 9.32. The summed E-state index contributed by atoms with van der Waals surface area (Å²) in [5.41, 5.74) is 3.96. The number of methoxy groups -OCH3 is 1. The summed E-state index contributed by atoms with van der Waals surface area (Å²) in [5, 5.41) is 4.12. The summed E-state index contributed by atoms with van der Waals surface area (Å²) in [5.74, 6) is 0.434. The molecular weight excluding hydrogens is 370 g/mol. The van der Waals surface area contributed by atoms with E-state index in [9.17, 15) is 4.79 Å². The van der Waals surface area contributed by atoms with E-state index in [0.717, 1.165) is 20.9 Å². The Balaban J connectivity index is 1.72. The van der Waals surface area contributed by atoms with Gasteiger partial charge in [0.05, 0.1) is 28.9 Å². The number of hydrogen-bond acceptors (Lipinski definition) is 5. The standard InChI is InChI=1S/C19H20ClN3O2S/c1-11-5-6-12(2)18-17(11)22-19(26-18)23(3)10-16(24)21-13-7-8-15(25-4)14(20)9-13/h5-9H,10H2,1-4H3,(H,21,24). The molecule has 3 aromatic rings. The Morgan fingerprint density at radius 1 is 1.27 bits per heavy atom. The van der Waals surface area contributed by atoms with Crippen molar-refractivity contribution in [1.29, 1.82) is 0 Å². The zero-order chi connectivity index (χ0) is 18.8. The predicted molar refractivity (Wildman–Crippen MR) is 109 cm³/mol. The van der Waals surface area contributed by atoms with E-state index in [1.54, 1.807) is 36.6 Å². The van der Waals surface area contributed by atoms with Crippen molar-refractivity contribution in [2.75, 3.05) is 30.9 Å². The molecule has 5 nitrogen and oxygen atoms in total. The number of aromatic nitrogens is 1. The molecule has 1 heterocycles. The fourth-order valence-electron chi connectivity index (χ4n) is 2.64. The first kappa shape index (κ1) is 18.5. The number of amides is 1. The minimum Gasteiger partial charge on any atom is -0.495 e. The molecule has 0 atom stereocenters. The summed E-state index contributed by atoms with van der Waals surface area (Å²) in [7, 11) is 3.42. The number of ether oxygens (including phenoxy) is 1. The zero-order valence-corrected chi connectivity index (χ0v) is 16.7. The minimum atomic E-state index is -0.138. The van der Waals surface area contributed by atoms with Crippen molar-refractivity contribution in [3.05, 3.63) is 46.5 Å². The second kappa shape index (κ2) is 7.51. The Morgan fingerprint density at radius 3 is 2.65 bits per heavy atom. The number of thiazole rings is 1. The van der Waals surface area contributed by atoms with Gasteiger partial charge in [-0.05, 0) is 43.2 Å². The number of likely N-dealkylation sites (N-methyl/N-ethyl adjacent to an activating group) is 1. The van der Waals surface area contributed by atoms with E-state index in [1.807, 2.05) is 18.9 Å². The summed E-state index contributed by atoms with van der Waals surface area (Å²) in [4.78, 5) is 18.9. The molecule has 1 N–H and O–H groups in total. The molecule has 0 fully saturated rings. The molecule has 7 heteroatoms. The summed E-state index contributed by atoms with van der Waals surface area (Å²) >= 11 is 7.69. The first-order valence-corrected chi connectivity index (χ1v) is 9.29. The lowest BCUT2D eigenvalue weighted by Gasteiger charge is -2.15. The van der Waals surface area contributed by atoms with Gasteiger partial charge in [0.2, 0.25) is 5.91 Å². The van der Waals surface area contributed by atoms with Crippen LogP contribution in [0.4, 0.5) is 10.8 Å². The molecule has 0 bridgehead atoms. The van der Waals surface area contributed by atoms with Crippen molar-refractivity contribution >= 4 is 49.9 Å². The maximum atomic E-state index is 12.4. The molecule has 0 spiro atoms. The van der Waals surface area contributed by atoms with E-state index < -0.39 is 0 Å². The highest BCUT2D eigenvalue weighted by atomic mass is 35.5. The van der Waals surface area contributed by atoms with Gasteiger partial charge in [-0.2, -0.15) is 0 Å². The van der Waals surface area contributed by atoms with E-state index in [4.69, 9.17) is 21.3 Å². The number of hydrogen-bond donors (Lipinski definition) is 1. The normalized spacial score (nSPS) is 10.8. The number of carbonyl (C=O) groups is 1. The maximum absolute atomic E-state index is 12.4. The third kappa shape index (κ3) is 3.76. The number of aryl methyl sites for hydroxylation is 2. The third-order valence-electron chi connectivity index (χ3n) is 4.07. The highest BCUT2D eigenvalue weighted by molar-refractivity contribution is 7.22. The van der Waals surface area contributed by atoms with Crippen LogP contribution in [-0.2, 0) is 4.79 Å². The van der Waals surface area contributed by atoms with Crippen LogP contribution in [0.3, 0.4) is 0 Å². The highest BCUT2D eigenvalue weighted by Gasteiger charge is 2.15. The van der Waals surface area contributed by atoms with Gasteiger partial charge in [0.15, 0.2) is 5.13 Å². The van der Waals surface area contributed by atoms with E-state index in [1.165, 1.54) is 5.56 Å². The number of rotatable bonds is 5. The first-order valence-electron chi connectivity index (χ1n) is 8.10. The quantitative estimate of drug-likeness (QED) is 0.690. The monoisotopic (exact) mass is 389 g/mol. The lowest BCUT2D eigenvalue weighted by molar-refractivity contribution is -0.114. The molecule has 0 saturated carbocycles. The SMILES string of the molecule is COc1ccc(NC(=O)CN(C)c2nc3c(C)ccc(C)c3s2)cc1Cl. The molecule has 0 aliphatic carbocycles. The van der Waals surface area contributed by atoms with Crippen LogP contribution < -0.4 is 15.0 Å². The zero-order valence-electron chi connectivity index (χ0n) is 15.1. The number of carbonyl (C=O) groups excluding carboxylic acids is 1. The van der Waals surface area contributed by atoms with Crippen molar-refractivity contribution in [1.82, 2.24) is 4.98 Å². The Bertz CT molecular complexity index is 932. The van der Waals surface area contributed by atoms with Gasteiger partial charge in [0.1, 0.15) is 5.75 Å². The van der Waals surface area contributed by atoms with Crippen LogP contribution in [0.1, 0.15) is 11.1 Å². The lowest BCUT2D eigenvalue weighted by atomic mass is 10.1. The number of fused-ring (bicyclic) bond motifs is 1. The van der Waals surface area contributed by atoms with Crippen molar-refractivity contribution < 1.29 is 9.53 Å². The molecule has 1 amide bonds. The van der Waals surface area contributed by atoms with Crippen molar-refractivity contribution in [2.24, 2.45) is 0 Å².